The van der Waals surface area contributed by atoms with Crippen molar-refractivity contribution >= 4 is 11.0 Å². The minimum absolute atomic E-state index is 0.00597. The van der Waals surface area contributed by atoms with Crippen LogP contribution in [-0.4, -0.2) is 20.6 Å². The largest absolute Gasteiger partial charge is 0.326 e. The molecule has 0 radical (unpaired) electrons. The van der Waals surface area contributed by atoms with Crippen LogP contribution in [0.2, 0.25) is 0 Å². The molecule has 2 atom stereocenters. The van der Waals surface area contributed by atoms with Gasteiger partial charge in [0.2, 0.25) is 0 Å². The lowest BCUT2D eigenvalue weighted by Crippen LogP contribution is -2.31. The second kappa shape index (κ2) is 5.66. The molecule has 3 aromatic rings. The normalized spacial score (nSPS) is 14.2. The van der Waals surface area contributed by atoms with Gasteiger partial charge in [0.25, 0.3) is 0 Å². The Morgan fingerprint density at radius 2 is 1.90 bits per heavy atom. The number of hydrogen-bond acceptors (Lipinski definition) is 3. The molecular formula is C17H20N4. The summed E-state index contributed by atoms with van der Waals surface area (Å²) in [6.07, 6.45) is 2.68. The molecule has 2 N–H and O–H groups in total. The third-order valence-corrected chi connectivity index (χ3v) is 3.75. The Balaban J connectivity index is 2.25. The fourth-order valence-corrected chi connectivity index (χ4v) is 2.84. The summed E-state index contributed by atoms with van der Waals surface area (Å²) in [7, 11) is 0. The van der Waals surface area contributed by atoms with Crippen molar-refractivity contribution in [3.8, 4) is 0 Å². The van der Waals surface area contributed by atoms with E-state index in [1.807, 2.05) is 49.5 Å². The molecule has 0 spiro atoms. The highest BCUT2D eigenvalue weighted by molar-refractivity contribution is 5.76. The molecule has 2 unspecified atom stereocenters. The van der Waals surface area contributed by atoms with Crippen LogP contribution in [0.5, 0.6) is 0 Å². The topological polar surface area (TPSA) is 56.7 Å². The van der Waals surface area contributed by atoms with E-state index in [1.54, 1.807) is 0 Å². The minimum Gasteiger partial charge on any atom is -0.326 e. The van der Waals surface area contributed by atoms with Crippen molar-refractivity contribution in [1.82, 2.24) is 14.5 Å². The Morgan fingerprint density at radius 3 is 2.57 bits per heavy atom. The quantitative estimate of drug-likeness (QED) is 0.799. The molecule has 2 aromatic heterocycles. The van der Waals surface area contributed by atoms with Crippen LogP contribution in [0.25, 0.3) is 11.0 Å². The van der Waals surface area contributed by atoms with Crippen molar-refractivity contribution in [2.75, 3.05) is 0 Å². The van der Waals surface area contributed by atoms with Gasteiger partial charge in [-0.1, -0.05) is 25.1 Å². The van der Waals surface area contributed by atoms with Gasteiger partial charge in [-0.3, -0.25) is 4.98 Å². The highest BCUT2D eigenvalue weighted by Crippen LogP contribution is 2.27. The summed E-state index contributed by atoms with van der Waals surface area (Å²) in [6, 6.07) is 14.1. The van der Waals surface area contributed by atoms with E-state index < -0.39 is 0 Å². The predicted octanol–water partition coefficient (Wildman–Crippen LogP) is 2.93. The van der Waals surface area contributed by atoms with E-state index in [0.717, 1.165) is 29.0 Å². The molecule has 0 bridgehead atoms. The molecule has 4 nitrogen and oxygen atoms in total. The maximum atomic E-state index is 6.29. The fraction of sp³-hybridized carbons (Fsp3) is 0.294. The number of imidazole rings is 1. The van der Waals surface area contributed by atoms with Crippen LogP contribution in [0.1, 0.15) is 31.4 Å². The number of pyridine rings is 1. The van der Waals surface area contributed by atoms with E-state index in [-0.39, 0.29) is 12.1 Å². The number of benzene rings is 1. The highest BCUT2D eigenvalue weighted by Gasteiger charge is 2.24. The average molecular weight is 280 g/mol. The summed E-state index contributed by atoms with van der Waals surface area (Å²) in [5.74, 6) is 1.05. The van der Waals surface area contributed by atoms with E-state index in [1.165, 1.54) is 0 Å². The Hall–Kier alpha value is -2.20. The standard InChI is InChI=1S/C17H20N4/c1-3-16-20-13-8-4-5-10-15(13)21(16)17(12(2)18)14-9-6-7-11-19-14/h4-12,17H,3,18H2,1-2H3. The van der Waals surface area contributed by atoms with Crippen molar-refractivity contribution in [1.29, 1.82) is 0 Å². The lowest BCUT2D eigenvalue weighted by molar-refractivity contribution is 0.481. The van der Waals surface area contributed by atoms with Crippen LogP contribution < -0.4 is 5.73 Å². The number of hydrogen-bond donors (Lipinski definition) is 1. The monoisotopic (exact) mass is 280 g/mol. The van der Waals surface area contributed by atoms with Crippen LogP contribution in [0, 0.1) is 0 Å². The van der Waals surface area contributed by atoms with Gasteiger partial charge < -0.3 is 10.3 Å². The van der Waals surface area contributed by atoms with Gasteiger partial charge in [-0.2, -0.15) is 0 Å². The minimum atomic E-state index is -0.0530. The van der Waals surface area contributed by atoms with Crippen LogP contribution >= 0.6 is 0 Å². The third kappa shape index (κ3) is 2.43. The fourth-order valence-electron chi connectivity index (χ4n) is 2.84. The number of aromatic nitrogens is 3. The van der Waals surface area contributed by atoms with Crippen molar-refractivity contribution in [3.05, 3.63) is 60.2 Å². The first kappa shape index (κ1) is 13.8. The van der Waals surface area contributed by atoms with Crippen molar-refractivity contribution in [3.63, 3.8) is 0 Å². The molecule has 3 rings (SSSR count). The summed E-state index contributed by atoms with van der Waals surface area (Å²) < 4.78 is 2.24. The van der Waals surface area contributed by atoms with Gasteiger partial charge in [0.05, 0.1) is 22.8 Å². The molecule has 0 aliphatic carbocycles. The highest BCUT2D eigenvalue weighted by atomic mass is 15.1. The number of para-hydroxylation sites is 2. The molecular weight excluding hydrogens is 260 g/mol. The second-order valence-corrected chi connectivity index (χ2v) is 5.30. The van der Waals surface area contributed by atoms with Gasteiger partial charge in [-0.15, -0.1) is 0 Å². The predicted molar refractivity (Wildman–Crippen MR) is 85.1 cm³/mol. The first-order chi connectivity index (χ1) is 10.2. The molecule has 2 heterocycles. The van der Waals surface area contributed by atoms with Gasteiger partial charge in [-0.25, -0.2) is 4.98 Å². The number of nitrogens with two attached hydrogens (primary N) is 1. The Kier molecular flexibility index (Phi) is 3.71. The second-order valence-electron chi connectivity index (χ2n) is 5.30. The Morgan fingerprint density at radius 1 is 1.14 bits per heavy atom. The molecule has 0 fully saturated rings. The number of nitrogens with zero attached hydrogens (tertiary/aromatic N) is 3. The van der Waals surface area contributed by atoms with Crippen LogP contribution in [-0.2, 0) is 6.42 Å². The van der Waals surface area contributed by atoms with E-state index in [9.17, 15) is 0 Å². The lowest BCUT2D eigenvalue weighted by atomic mass is 10.1. The Bertz CT molecular complexity index is 731. The number of rotatable bonds is 4. The smallest absolute Gasteiger partial charge is 0.110 e. The number of aryl methyl sites for hydroxylation is 1. The summed E-state index contributed by atoms with van der Waals surface area (Å²) in [4.78, 5) is 9.25. The molecule has 0 aliphatic heterocycles. The van der Waals surface area contributed by atoms with Gasteiger partial charge in [0.15, 0.2) is 0 Å². The molecule has 21 heavy (non-hydrogen) atoms. The van der Waals surface area contributed by atoms with Gasteiger partial charge in [0.1, 0.15) is 5.82 Å². The summed E-state index contributed by atoms with van der Waals surface area (Å²) in [5.41, 5.74) is 9.39. The van der Waals surface area contributed by atoms with Crippen molar-refractivity contribution in [2.24, 2.45) is 5.73 Å². The molecule has 0 aliphatic rings. The van der Waals surface area contributed by atoms with Crippen LogP contribution in [0.15, 0.2) is 48.7 Å². The van der Waals surface area contributed by atoms with Crippen LogP contribution in [0.4, 0.5) is 0 Å². The first-order valence-electron chi connectivity index (χ1n) is 7.34. The first-order valence-corrected chi connectivity index (χ1v) is 7.34. The van der Waals surface area contributed by atoms with Gasteiger partial charge in [0, 0.05) is 18.7 Å². The average Bonchev–Trinajstić information content (AvgIpc) is 2.87. The van der Waals surface area contributed by atoms with E-state index in [0.29, 0.717) is 0 Å². The van der Waals surface area contributed by atoms with E-state index in [2.05, 4.69) is 22.5 Å². The van der Waals surface area contributed by atoms with Gasteiger partial charge >= 0.3 is 0 Å². The SMILES string of the molecule is CCc1nc2ccccc2n1C(c1ccccn1)C(C)N. The maximum Gasteiger partial charge on any atom is 0.110 e. The maximum absolute atomic E-state index is 6.29. The van der Waals surface area contributed by atoms with Crippen molar-refractivity contribution < 1.29 is 0 Å². The molecule has 108 valence electrons. The van der Waals surface area contributed by atoms with E-state index in [4.69, 9.17) is 10.7 Å². The summed E-state index contributed by atoms with van der Waals surface area (Å²) in [6.45, 7) is 4.14. The zero-order chi connectivity index (χ0) is 14.8. The third-order valence-electron chi connectivity index (χ3n) is 3.75. The Labute approximate surface area is 124 Å². The summed E-state index contributed by atoms with van der Waals surface area (Å²) in [5, 5.41) is 0. The van der Waals surface area contributed by atoms with Gasteiger partial charge in [-0.05, 0) is 31.2 Å². The zero-order valence-corrected chi connectivity index (χ0v) is 12.4. The summed E-state index contributed by atoms with van der Waals surface area (Å²) >= 11 is 0. The number of fused-ring (bicyclic) bond motifs is 1. The van der Waals surface area contributed by atoms with Crippen molar-refractivity contribution in [2.45, 2.75) is 32.4 Å². The molecule has 1 aromatic carbocycles. The molecule has 0 saturated carbocycles. The van der Waals surface area contributed by atoms with E-state index >= 15 is 0 Å². The molecule has 0 amide bonds. The van der Waals surface area contributed by atoms with Crippen LogP contribution in [0.3, 0.4) is 0 Å². The zero-order valence-electron chi connectivity index (χ0n) is 12.4. The lowest BCUT2D eigenvalue weighted by Gasteiger charge is -2.24. The molecule has 4 heteroatoms. The molecule has 0 saturated heterocycles.